The quantitative estimate of drug-likeness (QED) is 0.600. The minimum absolute atomic E-state index is 0.130. The van der Waals surface area contributed by atoms with Crippen molar-refractivity contribution >= 4 is 11.5 Å². The predicted octanol–water partition coefficient (Wildman–Crippen LogP) is 3.71. The Morgan fingerprint density at radius 3 is 2.34 bits per heavy atom. The van der Waals surface area contributed by atoms with Crippen molar-refractivity contribution in [3.63, 3.8) is 0 Å². The average Bonchev–Trinajstić information content (AvgIpc) is 3.15. The molecule has 2 aromatic carbocycles. The van der Waals surface area contributed by atoms with Crippen LogP contribution in [0, 0.1) is 12.7 Å². The second kappa shape index (κ2) is 8.57. The Bertz CT molecular complexity index is 960. The molecule has 0 radical (unpaired) electrons. The monoisotopic (exact) mass is 392 g/mol. The lowest BCUT2D eigenvalue weighted by atomic mass is 10.1. The predicted molar refractivity (Wildman–Crippen MR) is 112 cm³/mol. The average molecular weight is 392 g/mol. The number of halogens is 1. The largest absolute Gasteiger partial charge is 0.369 e. The molecule has 5 nitrogen and oxygen atoms in total. The maximum atomic E-state index is 13.1. The fraction of sp³-hybridized carbons (Fsp3) is 0.304. The van der Waals surface area contributed by atoms with Crippen LogP contribution >= 0.6 is 0 Å². The normalized spacial score (nSPS) is 14.9. The van der Waals surface area contributed by atoms with Gasteiger partial charge in [-0.2, -0.15) is 5.10 Å². The van der Waals surface area contributed by atoms with Gasteiger partial charge < -0.3 is 4.90 Å². The Kier molecular flexibility index (Phi) is 5.71. The van der Waals surface area contributed by atoms with Crippen LogP contribution in [-0.2, 0) is 0 Å². The first-order chi connectivity index (χ1) is 14.1. The summed E-state index contributed by atoms with van der Waals surface area (Å²) in [7, 11) is 0. The van der Waals surface area contributed by atoms with Crippen molar-refractivity contribution in [3.05, 3.63) is 77.9 Å². The molecule has 0 spiro atoms. The maximum absolute atomic E-state index is 13.1. The van der Waals surface area contributed by atoms with Crippen LogP contribution in [0.1, 0.15) is 22.5 Å². The van der Waals surface area contributed by atoms with Crippen molar-refractivity contribution in [2.75, 3.05) is 37.6 Å². The molecule has 6 heteroatoms. The number of piperazine rings is 1. The molecule has 3 aromatic rings. The van der Waals surface area contributed by atoms with Crippen molar-refractivity contribution in [2.45, 2.75) is 13.3 Å². The number of rotatable bonds is 6. The maximum Gasteiger partial charge on any atom is 0.167 e. The lowest BCUT2D eigenvalue weighted by molar-refractivity contribution is 0.0962. The summed E-state index contributed by atoms with van der Waals surface area (Å²) in [6.45, 7) is 6.23. The number of anilines is 1. The van der Waals surface area contributed by atoms with Crippen LogP contribution < -0.4 is 4.90 Å². The van der Waals surface area contributed by atoms with Crippen molar-refractivity contribution in [2.24, 2.45) is 0 Å². The third-order valence-electron chi connectivity index (χ3n) is 5.53. The molecular weight excluding hydrogens is 367 g/mol. The minimum Gasteiger partial charge on any atom is -0.369 e. The van der Waals surface area contributed by atoms with Crippen molar-refractivity contribution in [3.8, 4) is 5.69 Å². The number of benzene rings is 2. The number of hydrogen-bond acceptors (Lipinski definition) is 4. The van der Waals surface area contributed by atoms with Crippen LogP contribution in [0.25, 0.3) is 5.69 Å². The molecule has 0 aliphatic carbocycles. The zero-order valence-electron chi connectivity index (χ0n) is 16.6. The van der Waals surface area contributed by atoms with E-state index < -0.39 is 0 Å². The van der Waals surface area contributed by atoms with Gasteiger partial charge in [0.1, 0.15) is 5.82 Å². The topological polar surface area (TPSA) is 41.4 Å². The lowest BCUT2D eigenvalue weighted by Gasteiger charge is -2.36. The molecule has 4 rings (SSSR count). The molecule has 0 saturated carbocycles. The van der Waals surface area contributed by atoms with Crippen LogP contribution in [0.5, 0.6) is 0 Å². The van der Waals surface area contributed by atoms with Gasteiger partial charge in [-0.3, -0.25) is 9.69 Å². The highest BCUT2D eigenvalue weighted by molar-refractivity contribution is 5.97. The van der Waals surface area contributed by atoms with Gasteiger partial charge in [0, 0.05) is 44.8 Å². The van der Waals surface area contributed by atoms with Crippen LogP contribution in [0.15, 0.2) is 60.8 Å². The van der Waals surface area contributed by atoms with Crippen LogP contribution in [0.4, 0.5) is 10.1 Å². The fourth-order valence-corrected chi connectivity index (χ4v) is 3.79. The molecule has 1 saturated heterocycles. The van der Waals surface area contributed by atoms with Gasteiger partial charge >= 0.3 is 0 Å². The number of hydrogen-bond donors (Lipinski definition) is 0. The summed E-state index contributed by atoms with van der Waals surface area (Å²) >= 11 is 0. The highest BCUT2D eigenvalue weighted by Gasteiger charge is 2.20. The number of carbonyl (C=O) groups is 1. The van der Waals surface area contributed by atoms with E-state index in [9.17, 15) is 9.18 Å². The third-order valence-corrected chi connectivity index (χ3v) is 5.53. The van der Waals surface area contributed by atoms with Gasteiger partial charge in [-0.25, -0.2) is 9.07 Å². The van der Waals surface area contributed by atoms with Crippen molar-refractivity contribution < 1.29 is 9.18 Å². The van der Waals surface area contributed by atoms with E-state index in [-0.39, 0.29) is 11.6 Å². The van der Waals surface area contributed by atoms with Gasteiger partial charge in [-0.1, -0.05) is 18.2 Å². The Labute approximate surface area is 170 Å². The molecule has 1 fully saturated rings. The molecule has 0 atom stereocenters. The van der Waals surface area contributed by atoms with Crippen molar-refractivity contribution in [1.82, 2.24) is 14.7 Å². The molecule has 1 aliphatic rings. The smallest absolute Gasteiger partial charge is 0.167 e. The molecule has 2 heterocycles. The molecule has 150 valence electrons. The van der Waals surface area contributed by atoms with E-state index in [0.29, 0.717) is 12.0 Å². The van der Waals surface area contributed by atoms with Gasteiger partial charge in [0.05, 0.1) is 23.1 Å². The van der Waals surface area contributed by atoms with E-state index >= 15 is 0 Å². The van der Waals surface area contributed by atoms with E-state index in [2.05, 4.69) is 14.9 Å². The Balaban J connectivity index is 1.31. The Morgan fingerprint density at radius 1 is 0.966 bits per heavy atom. The SMILES string of the molecule is Cc1c(C(=O)CCN2CCN(c3ccc(F)cc3)CC2)cnn1-c1ccccc1. The second-order valence-corrected chi connectivity index (χ2v) is 7.37. The van der Waals surface area contributed by atoms with E-state index in [1.165, 1.54) is 12.1 Å². The zero-order chi connectivity index (χ0) is 20.2. The fourth-order valence-electron chi connectivity index (χ4n) is 3.79. The molecule has 29 heavy (non-hydrogen) atoms. The van der Waals surface area contributed by atoms with Crippen LogP contribution in [-0.4, -0.2) is 53.2 Å². The van der Waals surface area contributed by atoms with E-state index in [0.717, 1.165) is 49.8 Å². The van der Waals surface area contributed by atoms with Gasteiger partial charge in [-0.05, 0) is 43.3 Å². The van der Waals surface area contributed by atoms with Gasteiger partial charge in [0.25, 0.3) is 0 Å². The molecule has 0 N–H and O–H groups in total. The summed E-state index contributed by atoms with van der Waals surface area (Å²) < 4.78 is 14.9. The van der Waals surface area contributed by atoms with E-state index in [1.54, 1.807) is 6.20 Å². The zero-order valence-corrected chi connectivity index (χ0v) is 16.6. The summed E-state index contributed by atoms with van der Waals surface area (Å²) in [4.78, 5) is 17.3. The number of ketones is 1. The number of para-hydroxylation sites is 1. The molecule has 1 aliphatic heterocycles. The molecule has 1 aromatic heterocycles. The van der Waals surface area contributed by atoms with Crippen molar-refractivity contribution in [1.29, 1.82) is 0 Å². The number of aromatic nitrogens is 2. The summed E-state index contributed by atoms with van der Waals surface area (Å²) in [5.41, 5.74) is 3.58. The summed E-state index contributed by atoms with van der Waals surface area (Å²) in [6.07, 6.45) is 2.16. The number of Topliss-reactive ketones (excluding diaryl/α,β-unsaturated/α-hetero) is 1. The summed E-state index contributed by atoms with van der Waals surface area (Å²) in [5.74, 6) is -0.0811. The van der Waals surface area contributed by atoms with E-state index in [1.807, 2.05) is 54.1 Å². The van der Waals surface area contributed by atoms with Crippen LogP contribution in [0.2, 0.25) is 0 Å². The van der Waals surface area contributed by atoms with Gasteiger partial charge in [-0.15, -0.1) is 0 Å². The Morgan fingerprint density at radius 2 is 1.66 bits per heavy atom. The van der Waals surface area contributed by atoms with Crippen LogP contribution in [0.3, 0.4) is 0 Å². The van der Waals surface area contributed by atoms with Gasteiger partial charge in [0.2, 0.25) is 0 Å². The highest BCUT2D eigenvalue weighted by atomic mass is 19.1. The molecule has 0 unspecified atom stereocenters. The molecular formula is C23H25FN4O. The second-order valence-electron chi connectivity index (χ2n) is 7.37. The Hall–Kier alpha value is -2.99. The summed E-state index contributed by atoms with van der Waals surface area (Å²) in [6, 6.07) is 16.5. The first-order valence-electron chi connectivity index (χ1n) is 9.98. The highest BCUT2D eigenvalue weighted by Crippen LogP contribution is 2.18. The number of nitrogens with zero attached hydrogens (tertiary/aromatic N) is 4. The first kappa shape index (κ1) is 19.3. The number of carbonyl (C=O) groups excluding carboxylic acids is 1. The standard InChI is InChI=1S/C23H25FN4O/c1-18-22(17-25-28(18)21-5-3-2-4-6-21)23(29)11-12-26-13-15-27(16-14-26)20-9-7-19(24)8-10-20/h2-10,17H,11-16H2,1H3. The third kappa shape index (κ3) is 4.38. The minimum atomic E-state index is -0.211. The first-order valence-corrected chi connectivity index (χ1v) is 9.98. The molecule has 0 amide bonds. The van der Waals surface area contributed by atoms with E-state index in [4.69, 9.17) is 0 Å². The summed E-state index contributed by atoms with van der Waals surface area (Å²) in [5, 5.41) is 4.40. The molecule has 0 bridgehead atoms. The lowest BCUT2D eigenvalue weighted by Crippen LogP contribution is -2.46. The van der Waals surface area contributed by atoms with Gasteiger partial charge in [0.15, 0.2) is 5.78 Å².